The summed E-state index contributed by atoms with van der Waals surface area (Å²) >= 11 is 0. The first-order valence-corrected chi connectivity index (χ1v) is 12.7. The minimum absolute atomic E-state index is 0.0110. The van der Waals surface area contributed by atoms with Crippen molar-refractivity contribution in [3.63, 3.8) is 0 Å². The standard InChI is InChI=1S/C30H28F4N4O3/c1-29(2,3)41-28(40)35-18-21-10-7-11-22(15-21)38-25(17-26(37-38)30(32,33)34)27(39)36-24-16-20(12-13-23(24)31)14-19-8-5-4-6-9-19/h4-13,15-17H,14,18H2,1-3H3,(H,35,40)(H,36,39). The summed E-state index contributed by atoms with van der Waals surface area (Å²) in [4.78, 5) is 25.2. The number of nitrogens with one attached hydrogen (secondary N) is 2. The SMILES string of the molecule is CC(C)(C)OC(=O)NCc1cccc(-n2nc(C(F)(F)F)cc2C(=O)Nc2cc(Cc3ccccc3)ccc2F)c1. The van der Waals surface area contributed by atoms with Crippen molar-refractivity contribution in [2.24, 2.45) is 0 Å². The van der Waals surface area contributed by atoms with Crippen LogP contribution >= 0.6 is 0 Å². The van der Waals surface area contributed by atoms with Crippen molar-refractivity contribution in [1.82, 2.24) is 15.1 Å². The van der Waals surface area contributed by atoms with Gasteiger partial charge in [-0.1, -0.05) is 48.5 Å². The molecule has 0 saturated carbocycles. The third kappa shape index (κ3) is 7.93. The number of carbonyl (C=O) groups excluding carboxylic acids is 2. The first kappa shape index (κ1) is 29.3. The molecular formula is C30H28F4N4O3. The average molecular weight is 569 g/mol. The van der Waals surface area contributed by atoms with Crippen LogP contribution in [-0.2, 0) is 23.9 Å². The summed E-state index contributed by atoms with van der Waals surface area (Å²) in [6, 6.07) is 20.3. The van der Waals surface area contributed by atoms with Gasteiger partial charge in [0.15, 0.2) is 5.69 Å². The van der Waals surface area contributed by atoms with E-state index in [1.54, 1.807) is 39.0 Å². The number of hydrogen-bond acceptors (Lipinski definition) is 4. The van der Waals surface area contributed by atoms with Gasteiger partial charge in [-0.3, -0.25) is 4.79 Å². The molecule has 0 aliphatic rings. The number of benzene rings is 3. The Morgan fingerprint density at radius 1 is 0.878 bits per heavy atom. The summed E-state index contributed by atoms with van der Waals surface area (Å²) in [5, 5.41) is 8.58. The number of carbonyl (C=O) groups is 2. The molecule has 3 aromatic carbocycles. The van der Waals surface area contributed by atoms with Gasteiger partial charge in [-0.05, 0) is 68.1 Å². The molecule has 0 spiro atoms. The Bertz CT molecular complexity index is 1540. The Morgan fingerprint density at radius 2 is 1.59 bits per heavy atom. The van der Waals surface area contributed by atoms with Crippen molar-refractivity contribution in [3.8, 4) is 5.69 Å². The maximum absolute atomic E-state index is 14.6. The number of amides is 2. The van der Waals surface area contributed by atoms with E-state index < -0.39 is 41.0 Å². The van der Waals surface area contributed by atoms with Crippen molar-refractivity contribution < 1.29 is 31.9 Å². The summed E-state index contributed by atoms with van der Waals surface area (Å²) in [5.74, 6) is -1.73. The molecule has 1 heterocycles. The number of halogens is 4. The van der Waals surface area contributed by atoms with Gasteiger partial charge in [0.1, 0.15) is 17.1 Å². The fraction of sp³-hybridized carbons (Fsp3) is 0.233. The molecule has 11 heteroatoms. The highest BCUT2D eigenvalue weighted by atomic mass is 19.4. The third-order valence-electron chi connectivity index (χ3n) is 5.75. The monoisotopic (exact) mass is 568 g/mol. The van der Waals surface area contributed by atoms with Gasteiger partial charge >= 0.3 is 12.3 Å². The molecule has 2 N–H and O–H groups in total. The second-order valence-corrected chi connectivity index (χ2v) is 10.3. The van der Waals surface area contributed by atoms with Crippen molar-refractivity contribution in [2.75, 3.05) is 5.32 Å². The fourth-order valence-electron chi connectivity index (χ4n) is 3.96. The number of anilines is 1. The van der Waals surface area contributed by atoms with Crippen LogP contribution < -0.4 is 10.6 Å². The maximum Gasteiger partial charge on any atom is 0.435 e. The van der Waals surface area contributed by atoms with Crippen LogP contribution in [0, 0.1) is 5.82 Å². The lowest BCUT2D eigenvalue weighted by molar-refractivity contribution is -0.141. The highest BCUT2D eigenvalue weighted by Gasteiger charge is 2.36. The smallest absolute Gasteiger partial charge is 0.435 e. The average Bonchev–Trinajstić information content (AvgIpc) is 3.36. The minimum Gasteiger partial charge on any atom is -0.444 e. The van der Waals surface area contributed by atoms with Crippen LogP contribution in [0.3, 0.4) is 0 Å². The zero-order valence-electron chi connectivity index (χ0n) is 22.6. The van der Waals surface area contributed by atoms with E-state index in [2.05, 4.69) is 15.7 Å². The van der Waals surface area contributed by atoms with Crippen LogP contribution in [0.5, 0.6) is 0 Å². The van der Waals surface area contributed by atoms with Gasteiger partial charge < -0.3 is 15.4 Å². The van der Waals surface area contributed by atoms with Crippen LogP contribution in [0.1, 0.15) is 53.6 Å². The third-order valence-corrected chi connectivity index (χ3v) is 5.75. The molecule has 4 aromatic rings. The Morgan fingerprint density at radius 3 is 2.27 bits per heavy atom. The Kier molecular flexibility index (Phi) is 8.46. The predicted molar refractivity (Wildman–Crippen MR) is 145 cm³/mol. The molecule has 0 aliphatic heterocycles. The maximum atomic E-state index is 14.6. The normalized spacial score (nSPS) is 11.7. The van der Waals surface area contributed by atoms with Gasteiger partial charge in [0, 0.05) is 12.6 Å². The first-order valence-electron chi connectivity index (χ1n) is 12.7. The Balaban J connectivity index is 1.60. The summed E-state index contributed by atoms with van der Waals surface area (Å²) in [7, 11) is 0. The van der Waals surface area contributed by atoms with Crippen molar-refractivity contribution in [1.29, 1.82) is 0 Å². The largest absolute Gasteiger partial charge is 0.444 e. The lowest BCUT2D eigenvalue weighted by atomic mass is 10.0. The number of alkyl carbamates (subject to hydrolysis) is 1. The van der Waals surface area contributed by atoms with Crippen LogP contribution in [0.25, 0.3) is 5.69 Å². The van der Waals surface area contributed by atoms with Crippen LogP contribution in [0.15, 0.2) is 78.9 Å². The zero-order valence-corrected chi connectivity index (χ0v) is 22.6. The molecule has 0 bridgehead atoms. The number of hydrogen-bond donors (Lipinski definition) is 2. The van der Waals surface area contributed by atoms with Gasteiger partial charge in [0.2, 0.25) is 0 Å². The molecular weight excluding hydrogens is 540 g/mol. The van der Waals surface area contributed by atoms with E-state index in [0.29, 0.717) is 23.6 Å². The molecule has 2 amide bonds. The summed E-state index contributed by atoms with van der Waals surface area (Å²) < 4.78 is 61.5. The molecule has 0 saturated heterocycles. The van der Waals surface area contributed by atoms with Gasteiger partial charge in [0.25, 0.3) is 5.91 Å². The number of ether oxygens (including phenoxy) is 1. The van der Waals surface area contributed by atoms with E-state index in [0.717, 1.165) is 10.2 Å². The second kappa shape index (κ2) is 11.8. The predicted octanol–water partition coefficient (Wildman–Crippen LogP) is 6.90. The van der Waals surface area contributed by atoms with E-state index in [1.807, 2.05) is 30.3 Å². The van der Waals surface area contributed by atoms with Crippen LogP contribution in [-0.4, -0.2) is 27.4 Å². The van der Waals surface area contributed by atoms with Gasteiger partial charge in [-0.15, -0.1) is 0 Å². The highest BCUT2D eigenvalue weighted by molar-refractivity contribution is 6.03. The summed E-state index contributed by atoms with van der Waals surface area (Å²) in [6.45, 7) is 5.14. The lowest BCUT2D eigenvalue weighted by Crippen LogP contribution is -2.32. The Hall–Kier alpha value is -4.67. The molecule has 4 rings (SSSR count). The number of alkyl halides is 3. The van der Waals surface area contributed by atoms with E-state index in [-0.39, 0.29) is 17.9 Å². The molecule has 0 radical (unpaired) electrons. The molecule has 214 valence electrons. The van der Waals surface area contributed by atoms with E-state index in [4.69, 9.17) is 4.74 Å². The van der Waals surface area contributed by atoms with E-state index >= 15 is 0 Å². The highest BCUT2D eigenvalue weighted by Crippen LogP contribution is 2.30. The minimum atomic E-state index is -4.84. The van der Waals surface area contributed by atoms with Crippen LogP contribution in [0.2, 0.25) is 0 Å². The van der Waals surface area contributed by atoms with Gasteiger partial charge in [-0.2, -0.15) is 18.3 Å². The van der Waals surface area contributed by atoms with E-state index in [9.17, 15) is 27.2 Å². The summed E-state index contributed by atoms with van der Waals surface area (Å²) in [5.41, 5.74) is -0.331. The fourth-order valence-corrected chi connectivity index (χ4v) is 3.96. The van der Waals surface area contributed by atoms with Gasteiger partial charge in [-0.25, -0.2) is 13.9 Å². The molecule has 0 aliphatic carbocycles. The lowest BCUT2D eigenvalue weighted by Gasteiger charge is -2.19. The van der Waals surface area contributed by atoms with Gasteiger partial charge in [0.05, 0.1) is 11.4 Å². The molecule has 7 nitrogen and oxygen atoms in total. The number of rotatable bonds is 7. The molecule has 1 aromatic heterocycles. The first-order chi connectivity index (χ1) is 19.3. The Labute approximate surface area is 234 Å². The van der Waals surface area contributed by atoms with Crippen LogP contribution in [0.4, 0.5) is 28.0 Å². The molecule has 41 heavy (non-hydrogen) atoms. The van der Waals surface area contributed by atoms with E-state index in [1.165, 1.54) is 24.3 Å². The second-order valence-electron chi connectivity index (χ2n) is 10.3. The zero-order chi connectivity index (χ0) is 29.8. The molecule has 0 fully saturated rings. The van der Waals surface area contributed by atoms with Crippen molar-refractivity contribution in [3.05, 3.63) is 113 Å². The number of nitrogens with zero attached hydrogens (tertiary/aromatic N) is 2. The van der Waals surface area contributed by atoms with Crippen molar-refractivity contribution in [2.45, 2.75) is 45.5 Å². The topological polar surface area (TPSA) is 85.2 Å². The molecule has 0 unspecified atom stereocenters. The number of aromatic nitrogens is 2. The molecule has 0 atom stereocenters. The quantitative estimate of drug-likeness (QED) is 0.238. The van der Waals surface area contributed by atoms with Crippen molar-refractivity contribution >= 4 is 17.7 Å². The summed E-state index contributed by atoms with van der Waals surface area (Å²) in [6.07, 6.45) is -5.04.